The van der Waals surface area contributed by atoms with E-state index < -0.39 is 0 Å². The molecule has 0 aliphatic rings. The van der Waals surface area contributed by atoms with Crippen LogP contribution in [0.15, 0.2) is 72.9 Å². The molecule has 4 rings (SSSR count). The number of hydrogen-bond acceptors (Lipinski definition) is 3. The van der Waals surface area contributed by atoms with E-state index in [4.69, 9.17) is 0 Å². The zero-order valence-electron chi connectivity index (χ0n) is 14.7. The summed E-state index contributed by atoms with van der Waals surface area (Å²) in [5.74, 6) is -0.156. The maximum absolute atomic E-state index is 12.9. The zero-order valence-corrected chi connectivity index (χ0v) is 14.7. The van der Waals surface area contributed by atoms with Gasteiger partial charge in [0.15, 0.2) is 0 Å². The molecule has 128 valence electrons. The molecule has 0 atom stereocenters. The molecular weight excluding hydrogens is 322 g/mol. The number of aromatic nitrogens is 1. The van der Waals surface area contributed by atoms with Crippen LogP contribution in [0.1, 0.15) is 10.4 Å². The van der Waals surface area contributed by atoms with Crippen LogP contribution in [0.25, 0.3) is 21.7 Å². The Kier molecular flexibility index (Phi) is 4.01. The number of carbonyl (C=O) groups is 1. The molecule has 4 aromatic rings. The molecule has 0 bridgehead atoms. The molecule has 0 saturated heterocycles. The van der Waals surface area contributed by atoms with Crippen LogP contribution in [0, 0.1) is 0 Å². The molecule has 4 nitrogen and oxygen atoms in total. The first-order chi connectivity index (χ1) is 12.6. The Hall–Kier alpha value is -3.40. The third kappa shape index (κ3) is 2.86. The summed E-state index contributed by atoms with van der Waals surface area (Å²) in [4.78, 5) is 19.4. The number of nitrogens with zero attached hydrogens (tertiary/aromatic N) is 2. The summed E-state index contributed by atoms with van der Waals surface area (Å²) in [7, 11) is 3.97. The Balaban J connectivity index is 1.76. The Morgan fingerprint density at radius 2 is 1.65 bits per heavy atom. The van der Waals surface area contributed by atoms with E-state index in [0.717, 1.165) is 27.5 Å². The van der Waals surface area contributed by atoms with Crippen molar-refractivity contribution in [3.63, 3.8) is 0 Å². The van der Waals surface area contributed by atoms with Gasteiger partial charge < -0.3 is 10.2 Å². The Bertz CT molecular complexity index is 1100. The summed E-state index contributed by atoms with van der Waals surface area (Å²) in [5, 5.41) is 6.10. The highest BCUT2D eigenvalue weighted by atomic mass is 16.1. The molecule has 1 N–H and O–H groups in total. The van der Waals surface area contributed by atoms with E-state index in [1.54, 1.807) is 6.20 Å². The molecule has 0 radical (unpaired) electrons. The first kappa shape index (κ1) is 16.1. The summed E-state index contributed by atoms with van der Waals surface area (Å²) in [6, 6.07) is 21.6. The number of anilines is 2. The van der Waals surface area contributed by atoms with Crippen molar-refractivity contribution in [1.82, 2.24) is 4.98 Å². The summed E-state index contributed by atoms with van der Waals surface area (Å²) < 4.78 is 0. The van der Waals surface area contributed by atoms with Gasteiger partial charge in [-0.15, -0.1) is 0 Å². The van der Waals surface area contributed by atoms with E-state index >= 15 is 0 Å². The largest absolute Gasteiger partial charge is 0.378 e. The Labute approximate surface area is 152 Å². The highest BCUT2D eigenvalue weighted by Crippen LogP contribution is 2.28. The first-order valence-corrected chi connectivity index (χ1v) is 8.49. The summed E-state index contributed by atoms with van der Waals surface area (Å²) in [6.07, 6.45) is 1.72. The van der Waals surface area contributed by atoms with Crippen LogP contribution in [-0.2, 0) is 0 Å². The van der Waals surface area contributed by atoms with E-state index in [0.29, 0.717) is 11.1 Å². The molecule has 0 fully saturated rings. The van der Waals surface area contributed by atoms with Crippen molar-refractivity contribution >= 4 is 39.0 Å². The molecule has 1 aromatic heterocycles. The average Bonchev–Trinajstić information content (AvgIpc) is 2.67. The minimum Gasteiger partial charge on any atom is -0.378 e. The molecule has 0 unspecified atom stereocenters. The smallest absolute Gasteiger partial charge is 0.257 e. The highest BCUT2D eigenvalue weighted by molar-refractivity contribution is 6.18. The van der Waals surface area contributed by atoms with Crippen molar-refractivity contribution in [3.05, 3.63) is 78.5 Å². The zero-order chi connectivity index (χ0) is 18.1. The number of carbonyl (C=O) groups excluding carboxylic acids is 1. The second-order valence-corrected chi connectivity index (χ2v) is 6.44. The Morgan fingerprint density at radius 3 is 2.42 bits per heavy atom. The van der Waals surface area contributed by atoms with E-state index in [1.807, 2.05) is 79.7 Å². The lowest BCUT2D eigenvalue weighted by atomic mass is 10.0. The van der Waals surface area contributed by atoms with Crippen molar-refractivity contribution in [2.75, 3.05) is 24.3 Å². The number of benzene rings is 3. The minimum absolute atomic E-state index is 0.156. The van der Waals surface area contributed by atoms with Gasteiger partial charge in [0.05, 0.1) is 11.1 Å². The monoisotopic (exact) mass is 341 g/mol. The number of pyridine rings is 1. The van der Waals surface area contributed by atoms with Crippen molar-refractivity contribution in [2.45, 2.75) is 0 Å². The van der Waals surface area contributed by atoms with Crippen LogP contribution in [0.2, 0.25) is 0 Å². The molecule has 1 heterocycles. The summed E-state index contributed by atoms with van der Waals surface area (Å²) in [5.41, 5.74) is 3.14. The van der Waals surface area contributed by atoms with Gasteiger partial charge in [0.25, 0.3) is 5.91 Å². The fourth-order valence-corrected chi connectivity index (χ4v) is 3.14. The molecule has 0 spiro atoms. The molecule has 1 amide bonds. The molecule has 0 saturated carbocycles. The lowest BCUT2D eigenvalue weighted by Crippen LogP contribution is -2.13. The third-order valence-electron chi connectivity index (χ3n) is 4.50. The number of amides is 1. The third-order valence-corrected chi connectivity index (χ3v) is 4.50. The van der Waals surface area contributed by atoms with Crippen molar-refractivity contribution in [3.8, 4) is 0 Å². The van der Waals surface area contributed by atoms with Gasteiger partial charge in [-0.1, -0.05) is 30.3 Å². The van der Waals surface area contributed by atoms with Crippen LogP contribution in [0.4, 0.5) is 11.4 Å². The second kappa shape index (κ2) is 6.48. The average molecular weight is 341 g/mol. The SMILES string of the molecule is CN(C)c1ccc(NC(=O)c2cc3ccccc3c3cccnc23)cc1. The molecule has 3 aromatic carbocycles. The molecule has 26 heavy (non-hydrogen) atoms. The number of hydrogen-bond donors (Lipinski definition) is 1. The topological polar surface area (TPSA) is 45.2 Å². The van der Waals surface area contributed by atoms with E-state index in [1.165, 1.54) is 0 Å². The number of rotatable bonds is 3. The lowest BCUT2D eigenvalue weighted by molar-refractivity contribution is 0.102. The quantitative estimate of drug-likeness (QED) is 0.549. The maximum Gasteiger partial charge on any atom is 0.257 e. The minimum atomic E-state index is -0.156. The van der Waals surface area contributed by atoms with E-state index in [-0.39, 0.29) is 5.91 Å². The molecular formula is C22H19N3O. The van der Waals surface area contributed by atoms with Crippen molar-refractivity contribution in [1.29, 1.82) is 0 Å². The fourth-order valence-electron chi connectivity index (χ4n) is 3.14. The van der Waals surface area contributed by atoms with Gasteiger partial charge in [-0.2, -0.15) is 0 Å². The predicted octanol–water partition coefficient (Wildman–Crippen LogP) is 4.71. The first-order valence-electron chi connectivity index (χ1n) is 8.49. The number of fused-ring (bicyclic) bond motifs is 3. The van der Waals surface area contributed by atoms with Crippen LogP contribution >= 0.6 is 0 Å². The van der Waals surface area contributed by atoms with Gasteiger partial charge in [0.2, 0.25) is 0 Å². The second-order valence-electron chi connectivity index (χ2n) is 6.44. The molecule has 4 heteroatoms. The van der Waals surface area contributed by atoms with Gasteiger partial charge >= 0.3 is 0 Å². The van der Waals surface area contributed by atoms with E-state index in [9.17, 15) is 4.79 Å². The Morgan fingerprint density at radius 1 is 0.923 bits per heavy atom. The highest BCUT2D eigenvalue weighted by Gasteiger charge is 2.14. The lowest BCUT2D eigenvalue weighted by Gasteiger charge is -2.13. The van der Waals surface area contributed by atoms with Gasteiger partial charge in [-0.3, -0.25) is 9.78 Å². The van der Waals surface area contributed by atoms with Crippen LogP contribution < -0.4 is 10.2 Å². The standard InChI is InChI=1S/C22H19N3O/c1-25(2)17-11-9-16(10-12-17)24-22(26)20-14-15-6-3-4-7-18(15)19-8-5-13-23-21(19)20/h3-14H,1-2H3,(H,24,26). The van der Waals surface area contributed by atoms with E-state index in [2.05, 4.69) is 16.4 Å². The predicted molar refractivity (Wildman–Crippen MR) is 108 cm³/mol. The maximum atomic E-state index is 12.9. The molecule has 0 aliphatic heterocycles. The van der Waals surface area contributed by atoms with Gasteiger partial charge in [0.1, 0.15) is 0 Å². The number of nitrogens with one attached hydrogen (secondary N) is 1. The van der Waals surface area contributed by atoms with Crippen molar-refractivity contribution in [2.24, 2.45) is 0 Å². The van der Waals surface area contributed by atoms with Gasteiger partial charge in [-0.25, -0.2) is 0 Å². The summed E-state index contributed by atoms with van der Waals surface area (Å²) >= 11 is 0. The fraction of sp³-hybridized carbons (Fsp3) is 0.0909. The normalized spacial score (nSPS) is 10.8. The van der Waals surface area contributed by atoms with Crippen molar-refractivity contribution < 1.29 is 4.79 Å². The molecule has 0 aliphatic carbocycles. The van der Waals surface area contributed by atoms with Crippen LogP contribution in [0.3, 0.4) is 0 Å². The van der Waals surface area contributed by atoms with Gasteiger partial charge in [-0.05, 0) is 47.2 Å². The van der Waals surface area contributed by atoms with Crippen LogP contribution in [-0.4, -0.2) is 25.0 Å². The summed E-state index contributed by atoms with van der Waals surface area (Å²) in [6.45, 7) is 0. The van der Waals surface area contributed by atoms with Gasteiger partial charge in [0, 0.05) is 37.1 Å². The van der Waals surface area contributed by atoms with Crippen LogP contribution in [0.5, 0.6) is 0 Å².